The maximum atomic E-state index is 12.7. The van der Waals surface area contributed by atoms with E-state index in [-0.39, 0.29) is 12.5 Å². The highest BCUT2D eigenvalue weighted by molar-refractivity contribution is 7.21. The van der Waals surface area contributed by atoms with Crippen LogP contribution in [-0.4, -0.2) is 55.9 Å². The van der Waals surface area contributed by atoms with Gasteiger partial charge in [0, 0.05) is 28.3 Å². The van der Waals surface area contributed by atoms with E-state index >= 15 is 0 Å². The van der Waals surface area contributed by atoms with Gasteiger partial charge in [-0.1, -0.05) is 0 Å². The second-order valence-corrected chi connectivity index (χ2v) is 6.32. The van der Waals surface area contributed by atoms with Gasteiger partial charge in [-0.05, 0) is 6.07 Å². The van der Waals surface area contributed by atoms with Crippen LogP contribution in [0.5, 0.6) is 11.5 Å². The van der Waals surface area contributed by atoms with Gasteiger partial charge in [0.25, 0.3) is 5.91 Å². The largest absolute Gasteiger partial charge is 0.493 e. The van der Waals surface area contributed by atoms with Gasteiger partial charge in [-0.3, -0.25) is 4.79 Å². The van der Waals surface area contributed by atoms with Crippen molar-refractivity contribution in [3.8, 4) is 11.5 Å². The number of methoxy groups -OCH3 is 3. The molecular weight excluding hydrogens is 334 g/mol. The third-order valence-corrected chi connectivity index (χ3v) is 5.29. The van der Waals surface area contributed by atoms with Crippen LogP contribution in [0.1, 0.15) is 15.2 Å². The Balaban J connectivity index is 2.05. The van der Waals surface area contributed by atoms with Crippen LogP contribution in [0, 0.1) is 0 Å². The smallest absolute Gasteiger partial charge is 0.331 e. The fourth-order valence-corrected chi connectivity index (χ4v) is 4.05. The molecule has 2 heterocycles. The van der Waals surface area contributed by atoms with E-state index in [2.05, 4.69) is 4.74 Å². The van der Waals surface area contributed by atoms with Crippen molar-refractivity contribution in [2.75, 3.05) is 27.9 Å². The number of ether oxygens (including phenoxy) is 3. The van der Waals surface area contributed by atoms with Gasteiger partial charge in [0.1, 0.15) is 0 Å². The first-order valence-corrected chi connectivity index (χ1v) is 8.04. The lowest BCUT2D eigenvalue weighted by molar-refractivity contribution is -0.147. The van der Waals surface area contributed by atoms with E-state index in [1.807, 2.05) is 12.1 Å². The standard InChI is InChI=1S/C16H17NO6S/c1-21-11-4-8-9-6-17(10(7-18)16(20)23-3)15(19)14(9)24-13(8)5-12(11)22-2/h4-5,10,18H,6-7H2,1-3H3/t10-/m0/s1. The second kappa shape index (κ2) is 6.29. The summed E-state index contributed by atoms with van der Waals surface area (Å²) in [4.78, 5) is 26.3. The minimum atomic E-state index is -1.00. The van der Waals surface area contributed by atoms with Crippen molar-refractivity contribution in [2.45, 2.75) is 12.6 Å². The molecule has 1 N–H and O–H groups in total. The average Bonchev–Trinajstić information content (AvgIpc) is 3.11. The molecule has 8 heteroatoms. The molecule has 3 rings (SSSR count). The van der Waals surface area contributed by atoms with Gasteiger partial charge in [0.15, 0.2) is 17.5 Å². The maximum Gasteiger partial charge on any atom is 0.331 e. The molecule has 7 nitrogen and oxygen atoms in total. The van der Waals surface area contributed by atoms with Crippen LogP contribution in [0.15, 0.2) is 12.1 Å². The van der Waals surface area contributed by atoms with E-state index in [1.54, 1.807) is 14.2 Å². The van der Waals surface area contributed by atoms with Crippen LogP contribution in [-0.2, 0) is 16.1 Å². The Labute approximate surface area is 142 Å². The summed E-state index contributed by atoms with van der Waals surface area (Å²) in [5.41, 5.74) is 0.823. The van der Waals surface area contributed by atoms with Gasteiger partial charge in [-0.2, -0.15) is 0 Å². The molecule has 0 saturated heterocycles. The Hall–Kier alpha value is -2.32. The fraction of sp³-hybridized carbons (Fsp3) is 0.375. The van der Waals surface area contributed by atoms with Crippen molar-refractivity contribution in [2.24, 2.45) is 0 Å². The predicted molar refractivity (Wildman–Crippen MR) is 87.7 cm³/mol. The van der Waals surface area contributed by atoms with E-state index < -0.39 is 18.6 Å². The summed E-state index contributed by atoms with van der Waals surface area (Å²) < 4.78 is 16.2. The van der Waals surface area contributed by atoms with Gasteiger partial charge in [0.2, 0.25) is 0 Å². The molecule has 1 amide bonds. The zero-order chi connectivity index (χ0) is 17.4. The normalized spacial score (nSPS) is 14.7. The minimum Gasteiger partial charge on any atom is -0.493 e. The molecule has 0 spiro atoms. The molecule has 1 aromatic heterocycles. The van der Waals surface area contributed by atoms with E-state index in [9.17, 15) is 14.7 Å². The Morgan fingerprint density at radius 3 is 2.54 bits per heavy atom. The number of aliphatic hydroxyl groups is 1. The lowest BCUT2D eigenvalue weighted by atomic mass is 10.1. The summed E-state index contributed by atoms with van der Waals surface area (Å²) in [6, 6.07) is 2.66. The summed E-state index contributed by atoms with van der Waals surface area (Å²) in [7, 11) is 4.33. The quantitative estimate of drug-likeness (QED) is 0.820. The number of carbonyl (C=O) groups excluding carboxylic acids is 2. The molecular formula is C16H17NO6S. The average molecular weight is 351 g/mol. The number of esters is 1. The number of benzene rings is 1. The molecule has 0 fully saturated rings. The second-order valence-electron chi connectivity index (χ2n) is 5.27. The molecule has 0 radical (unpaired) electrons. The number of hydrogen-bond donors (Lipinski definition) is 1. The molecule has 1 aromatic carbocycles. The van der Waals surface area contributed by atoms with Crippen LogP contribution in [0.4, 0.5) is 0 Å². The summed E-state index contributed by atoms with van der Waals surface area (Å²) in [5.74, 6) is 0.248. The number of carbonyl (C=O) groups is 2. The topological polar surface area (TPSA) is 85.3 Å². The van der Waals surface area contributed by atoms with Gasteiger partial charge in [0.05, 0.1) is 32.8 Å². The van der Waals surface area contributed by atoms with Crippen molar-refractivity contribution >= 4 is 33.3 Å². The molecule has 1 aliphatic heterocycles. The number of thiophene rings is 1. The predicted octanol–water partition coefficient (Wildman–Crippen LogP) is 1.41. The number of fused-ring (bicyclic) bond motifs is 3. The summed E-state index contributed by atoms with van der Waals surface area (Å²) in [6.07, 6.45) is 0. The van der Waals surface area contributed by atoms with Crippen LogP contribution in [0.25, 0.3) is 10.1 Å². The molecule has 24 heavy (non-hydrogen) atoms. The molecule has 1 aliphatic rings. The highest BCUT2D eigenvalue weighted by Crippen LogP contribution is 2.43. The summed E-state index contributed by atoms with van der Waals surface area (Å²) in [5, 5.41) is 10.3. The Morgan fingerprint density at radius 2 is 1.96 bits per heavy atom. The first-order chi connectivity index (χ1) is 11.5. The molecule has 1 atom stereocenters. The van der Waals surface area contributed by atoms with Gasteiger partial charge in [-0.25, -0.2) is 4.79 Å². The molecule has 0 saturated carbocycles. The summed E-state index contributed by atoms with van der Waals surface area (Å²) >= 11 is 1.33. The van der Waals surface area contributed by atoms with E-state index in [0.717, 1.165) is 15.6 Å². The van der Waals surface area contributed by atoms with Gasteiger partial charge < -0.3 is 24.2 Å². The molecule has 0 unspecified atom stereocenters. The van der Waals surface area contributed by atoms with Crippen LogP contribution >= 0.6 is 11.3 Å². The number of rotatable bonds is 5. The Bertz CT molecular complexity index is 814. The van der Waals surface area contributed by atoms with Gasteiger partial charge in [-0.15, -0.1) is 11.3 Å². The van der Waals surface area contributed by atoms with Crippen LogP contribution in [0.2, 0.25) is 0 Å². The van der Waals surface area contributed by atoms with Crippen molar-refractivity contribution in [1.29, 1.82) is 0 Å². The van der Waals surface area contributed by atoms with Crippen molar-refractivity contribution in [1.82, 2.24) is 4.90 Å². The van der Waals surface area contributed by atoms with Crippen molar-refractivity contribution in [3.05, 3.63) is 22.6 Å². The maximum absolute atomic E-state index is 12.7. The van der Waals surface area contributed by atoms with Crippen LogP contribution in [0.3, 0.4) is 0 Å². The number of amides is 1. The minimum absolute atomic E-state index is 0.240. The SMILES string of the molecule is COC(=O)[C@H](CO)N1Cc2c(sc3cc(OC)c(OC)cc23)C1=O. The van der Waals surface area contributed by atoms with Gasteiger partial charge >= 0.3 is 5.97 Å². The monoisotopic (exact) mass is 351 g/mol. The highest BCUT2D eigenvalue weighted by Gasteiger charge is 2.39. The first-order valence-electron chi connectivity index (χ1n) is 7.22. The molecule has 0 bridgehead atoms. The molecule has 128 valence electrons. The highest BCUT2D eigenvalue weighted by atomic mass is 32.1. The Morgan fingerprint density at radius 1 is 1.29 bits per heavy atom. The fourth-order valence-electron chi connectivity index (χ4n) is 2.86. The number of hydrogen-bond acceptors (Lipinski definition) is 7. The number of nitrogens with zero attached hydrogens (tertiary/aromatic N) is 1. The zero-order valence-corrected chi connectivity index (χ0v) is 14.3. The third kappa shape index (κ3) is 2.38. The lowest BCUT2D eigenvalue weighted by Crippen LogP contribution is -2.44. The van der Waals surface area contributed by atoms with E-state index in [0.29, 0.717) is 16.4 Å². The summed E-state index contributed by atoms with van der Waals surface area (Å²) in [6.45, 7) is -0.244. The first kappa shape index (κ1) is 16.5. The Kier molecular flexibility index (Phi) is 4.33. The molecule has 0 aliphatic carbocycles. The lowest BCUT2D eigenvalue weighted by Gasteiger charge is -2.23. The van der Waals surface area contributed by atoms with E-state index in [4.69, 9.17) is 9.47 Å². The van der Waals surface area contributed by atoms with Crippen LogP contribution < -0.4 is 9.47 Å². The van der Waals surface area contributed by atoms with E-state index in [1.165, 1.54) is 23.3 Å². The molecule has 2 aromatic rings. The van der Waals surface area contributed by atoms with Crippen molar-refractivity contribution in [3.63, 3.8) is 0 Å². The van der Waals surface area contributed by atoms with Crippen molar-refractivity contribution < 1.29 is 28.9 Å². The number of aliphatic hydroxyl groups excluding tert-OH is 1. The zero-order valence-electron chi connectivity index (χ0n) is 13.5. The third-order valence-electron chi connectivity index (χ3n) is 4.10.